The molecule has 3 nitrogen and oxygen atoms in total. The highest BCUT2D eigenvalue weighted by molar-refractivity contribution is 7.16. The van der Waals surface area contributed by atoms with Gasteiger partial charge in [-0.2, -0.15) is 4.99 Å². The van der Waals surface area contributed by atoms with Crippen molar-refractivity contribution in [3.8, 4) is 0 Å². The minimum Gasteiger partial charge on any atom is -0.319 e. The largest absolute Gasteiger partial charge is 0.319 e. The average Bonchev–Trinajstić information content (AvgIpc) is 2.83. The maximum Gasteiger partial charge on any atom is 0.252 e. The molecule has 1 amide bonds. The number of thiazole rings is 1. The molecule has 0 spiro atoms. The van der Waals surface area contributed by atoms with E-state index >= 15 is 0 Å². The highest BCUT2D eigenvalue weighted by atomic mass is 32.1. The van der Waals surface area contributed by atoms with Crippen molar-refractivity contribution < 1.29 is 9.18 Å². The number of carbonyl (C=O) groups is 1. The summed E-state index contributed by atoms with van der Waals surface area (Å²) in [6, 6.07) is 12.6. The van der Waals surface area contributed by atoms with Crippen LogP contribution in [0.3, 0.4) is 0 Å². The van der Waals surface area contributed by atoms with Gasteiger partial charge in [0.25, 0.3) is 5.91 Å². The Morgan fingerprint density at radius 3 is 2.58 bits per heavy atom. The maximum atomic E-state index is 13.3. The fraction of sp³-hybridized carbons (Fsp3) is 0.263. The molecule has 1 aromatic heterocycles. The van der Waals surface area contributed by atoms with E-state index in [-0.39, 0.29) is 18.1 Å². The van der Waals surface area contributed by atoms with E-state index in [1.165, 1.54) is 29.0 Å². The highest BCUT2D eigenvalue weighted by Crippen LogP contribution is 2.18. The molecule has 3 rings (SSSR count). The van der Waals surface area contributed by atoms with E-state index < -0.39 is 0 Å². The van der Waals surface area contributed by atoms with Gasteiger partial charge in [-0.25, -0.2) is 4.39 Å². The Morgan fingerprint density at radius 1 is 1.21 bits per heavy atom. The average molecular weight is 342 g/mol. The van der Waals surface area contributed by atoms with Crippen LogP contribution in [0.15, 0.2) is 47.5 Å². The Bertz CT molecular complexity index is 952. The van der Waals surface area contributed by atoms with Gasteiger partial charge >= 0.3 is 0 Å². The SMILES string of the molecule is CC(C)c1ccc(CC(=O)N=c2sc3cc(F)ccc3n2C)cc1. The van der Waals surface area contributed by atoms with Crippen LogP contribution in [-0.2, 0) is 18.3 Å². The molecule has 0 unspecified atom stereocenters. The fourth-order valence-corrected chi connectivity index (χ4v) is 3.62. The van der Waals surface area contributed by atoms with Crippen molar-refractivity contribution in [2.24, 2.45) is 12.0 Å². The molecule has 0 saturated carbocycles. The number of aryl methyl sites for hydroxylation is 1. The molecule has 5 heteroatoms. The van der Waals surface area contributed by atoms with E-state index in [9.17, 15) is 9.18 Å². The summed E-state index contributed by atoms with van der Waals surface area (Å²) in [5, 5.41) is 0. The van der Waals surface area contributed by atoms with Gasteiger partial charge in [0.05, 0.1) is 16.6 Å². The summed E-state index contributed by atoms with van der Waals surface area (Å²) >= 11 is 1.32. The summed E-state index contributed by atoms with van der Waals surface area (Å²) in [6.45, 7) is 4.28. The van der Waals surface area contributed by atoms with E-state index in [1.54, 1.807) is 6.07 Å². The lowest BCUT2D eigenvalue weighted by Crippen LogP contribution is -2.14. The first-order chi connectivity index (χ1) is 11.4. The van der Waals surface area contributed by atoms with E-state index in [1.807, 2.05) is 23.7 Å². The van der Waals surface area contributed by atoms with Gasteiger partial charge in [0.1, 0.15) is 5.82 Å². The number of fused-ring (bicyclic) bond motifs is 1. The summed E-state index contributed by atoms with van der Waals surface area (Å²) in [4.78, 5) is 17.0. The number of rotatable bonds is 3. The fourth-order valence-electron chi connectivity index (χ4n) is 2.56. The second-order valence-electron chi connectivity index (χ2n) is 6.13. The van der Waals surface area contributed by atoms with Crippen LogP contribution in [-0.4, -0.2) is 10.5 Å². The molecule has 0 atom stereocenters. The summed E-state index contributed by atoms with van der Waals surface area (Å²) in [6.07, 6.45) is 0.265. The summed E-state index contributed by atoms with van der Waals surface area (Å²) in [5.41, 5.74) is 3.07. The topological polar surface area (TPSA) is 34.4 Å². The van der Waals surface area contributed by atoms with E-state index in [4.69, 9.17) is 0 Å². The molecule has 0 radical (unpaired) electrons. The number of benzene rings is 2. The van der Waals surface area contributed by atoms with E-state index in [0.29, 0.717) is 10.7 Å². The lowest BCUT2D eigenvalue weighted by atomic mass is 10.0. The van der Waals surface area contributed by atoms with Crippen LogP contribution in [0.2, 0.25) is 0 Å². The predicted octanol–water partition coefficient (Wildman–Crippen LogP) is 4.17. The number of carbonyl (C=O) groups excluding carboxylic acids is 1. The third-order valence-corrected chi connectivity index (χ3v) is 5.09. The number of amides is 1. The van der Waals surface area contributed by atoms with Crippen LogP contribution in [0, 0.1) is 5.82 Å². The zero-order valence-electron chi connectivity index (χ0n) is 13.9. The molecule has 24 heavy (non-hydrogen) atoms. The van der Waals surface area contributed by atoms with Gasteiger partial charge in [0.15, 0.2) is 4.80 Å². The smallest absolute Gasteiger partial charge is 0.252 e. The van der Waals surface area contributed by atoms with Crippen molar-refractivity contribution in [2.45, 2.75) is 26.2 Å². The molecule has 0 aliphatic rings. The van der Waals surface area contributed by atoms with Gasteiger partial charge in [-0.3, -0.25) is 4.79 Å². The van der Waals surface area contributed by atoms with Crippen molar-refractivity contribution in [3.05, 3.63) is 64.2 Å². The van der Waals surface area contributed by atoms with Gasteiger partial charge in [-0.05, 0) is 35.2 Å². The maximum absolute atomic E-state index is 13.3. The molecule has 0 fully saturated rings. The summed E-state index contributed by atoms with van der Waals surface area (Å²) in [7, 11) is 1.83. The lowest BCUT2D eigenvalue weighted by molar-refractivity contribution is -0.117. The van der Waals surface area contributed by atoms with Crippen molar-refractivity contribution in [2.75, 3.05) is 0 Å². The van der Waals surface area contributed by atoms with Gasteiger partial charge in [0, 0.05) is 7.05 Å². The molecule has 124 valence electrons. The number of halogens is 1. The van der Waals surface area contributed by atoms with Gasteiger partial charge in [-0.1, -0.05) is 49.4 Å². The van der Waals surface area contributed by atoms with Crippen molar-refractivity contribution in [3.63, 3.8) is 0 Å². The second kappa shape index (κ2) is 6.69. The van der Waals surface area contributed by atoms with Crippen LogP contribution in [0.25, 0.3) is 10.2 Å². The molecule has 0 aliphatic carbocycles. The standard InChI is InChI=1S/C19H19FN2OS/c1-12(2)14-6-4-13(5-7-14)10-18(23)21-19-22(3)16-9-8-15(20)11-17(16)24-19/h4-9,11-12H,10H2,1-3H3. The molecule has 3 aromatic rings. The number of aromatic nitrogens is 1. The van der Waals surface area contributed by atoms with E-state index in [2.05, 4.69) is 31.0 Å². The molecule has 0 aliphatic heterocycles. The van der Waals surface area contributed by atoms with Gasteiger partial charge in [0.2, 0.25) is 0 Å². The second-order valence-corrected chi connectivity index (χ2v) is 7.14. The van der Waals surface area contributed by atoms with Crippen LogP contribution in [0.1, 0.15) is 30.9 Å². The highest BCUT2D eigenvalue weighted by Gasteiger charge is 2.07. The van der Waals surface area contributed by atoms with E-state index in [0.717, 1.165) is 15.8 Å². The first-order valence-electron chi connectivity index (χ1n) is 7.85. The molecule has 1 heterocycles. The van der Waals surface area contributed by atoms with Crippen LogP contribution >= 0.6 is 11.3 Å². The zero-order valence-corrected chi connectivity index (χ0v) is 14.7. The Balaban J connectivity index is 1.85. The Labute approximate surface area is 144 Å². The van der Waals surface area contributed by atoms with Crippen LogP contribution in [0.5, 0.6) is 0 Å². The molecule has 2 aromatic carbocycles. The predicted molar refractivity (Wildman–Crippen MR) is 95.6 cm³/mol. The van der Waals surface area contributed by atoms with Crippen molar-refractivity contribution in [1.29, 1.82) is 0 Å². The molecular weight excluding hydrogens is 323 g/mol. The van der Waals surface area contributed by atoms with Gasteiger partial charge in [-0.15, -0.1) is 0 Å². The van der Waals surface area contributed by atoms with Crippen LogP contribution < -0.4 is 4.80 Å². The minimum atomic E-state index is -0.285. The number of nitrogens with zero attached hydrogens (tertiary/aromatic N) is 2. The van der Waals surface area contributed by atoms with Crippen molar-refractivity contribution >= 4 is 27.5 Å². The lowest BCUT2D eigenvalue weighted by Gasteiger charge is -2.05. The van der Waals surface area contributed by atoms with Crippen LogP contribution in [0.4, 0.5) is 4.39 Å². The summed E-state index contributed by atoms with van der Waals surface area (Å²) in [5.74, 6) is -0.0140. The monoisotopic (exact) mass is 342 g/mol. The Morgan fingerprint density at radius 2 is 1.92 bits per heavy atom. The molecule has 0 bridgehead atoms. The number of hydrogen-bond acceptors (Lipinski definition) is 2. The molecule has 0 N–H and O–H groups in total. The Hall–Kier alpha value is -2.27. The first-order valence-corrected chi connectivity index (χ1v) is 8.67. The first kappa shape index (κ1) is 16.6. The zero-order chi connectivity index (χ0) is 17.3. The van der Waals surface area contributed by atoms with Crippen molar-refractivity contribution in [1.82, 2.24) is 4.57 Å². The third-order valence-electron chi connectivity index (χ3n) is 3.99. The van der Waals surface area contributed by atoms with Gasteiger partial charge < -0.3 is 4.57 Å². The summed E-state index contributed by atoms with van der Waals surface area (Å²) < 4.78 is 15.9. The minimum absolute atomic E-state index is 0.199. The Kier molecular flexibility index (Phi) is 4.62. The molecule has 0 saturated heterocycles. The quantitative estimate of drug-likeness (QED) is 0.703. The normalized spacial score (nSPS) is 12.3. The number of hydrogen-bond donors (Lipinski definition) is 0. The molecular formula is C19H19FN2OS. The third kappa shape index (κ3) is 3.46.